The van der Waals surface area contributed by atoms with Gasteiger partial charge in [-0.2, -0.15) is 0 Å². The first-order chi connectivity index (χ1) is 6.77. The average Bonchev–Trinajstić information content (AvgIpc) is 2.66. The molecule has 0 aromatic carbocycles. The van der Waals surface area contributed by atoms with Gasteiger partial charge in [0.1, 0.15) is 0 Å². The summed E-state index contributed by atoms with van der Waals surface area (Å²) in [6.45, 7) is 1.49. The van der Waals surface area contributed by atoms with Crippen molar-refractivity contribution in [2.24, 2.45) is 5.73 Å². The number of likely N-dealkylation sites (tertiary alicyclic amines) is 1. The molecule has 1 fully saturated rings. The molecule has 1 atom stereocenters. The molecule has 1 amide bonds. The molecule has 1 saturated heterocycles. The number of thiazole rings is 1. The molecule has 1 aromatic heterocycles. The van der Waals surface area contributed by atoms with Crippen molar-refractivity contribution in [3.8, 4) is 0 Å². The summed E-state index contributed by atoms with van der Waals surface area (Å²) in [6, 6.07) is -0.295. The summed E-state index contributed by atoms with van der Waals surface area (Å²) in [5.74, 6) is 0.0738. The minimum Gasteiger partial charge on any atom is -0.336 e. The van der Waals surface area contributed by atoms with Crippen LogP contribution in [0.3, 0.4) is 0 Å². The Morgan fingerprint density at radius 1 is 1.71 bits per heavy atom. The molecule has 4 nitrogen and oxygen atoms in total. The van der Waals surface area contributed by atoms with Gasteiger partial charge in [-0.1, -0.05) is 0 Å². The van der Waals surface area contributed by atoms with Crippen molar-refractivity contribution in [1.82, 2.24) is 9.88 Å². The molecule has 5 heteroatoms. The van der Waals surface area contributed by atoms with Crippen LogP contribution in [0.25, 0.3) is 0 Å². The van der Waals surface area contributed by atoms with Gasteiger partial charge in [0.25, 0.3) is 0 Å². The Morgan fingerprint density at radius 3 is 3.29 bits per heavy atom. The normalized spacial score (nSPS) is 22.8. The predicted octanol–water partition coefficient (Wildman–Crippen LogP) is 0.593. The van der Waals surface area contributed by atoms with Crippen LogP contribution >= 0.6 is 11.3 Å². The van der Waals surface area contributed by atoms with Crippen LogP contribution in [-0.4, -0.2) is 28.4 Å². The molecule has 1 aliphatic rings. The van der Waals surface area contributed by atoms with Crippen molar-refractivity contribution in [2.45, 2.75) is 25.4 Å². The van der Waals surface area contributed by atoms with Crippen molar-refractivity contribution < 1.29 is 4.79 Å². The molecule has 2 rings (SSSR count). The number of nitrogens with zero attached hydrogens (tertiary/aromatic N) is 2. The summed E-state index contributed by atoms with van der Waals surface area (Å²) in [6.07, 6.45) is 3.63. The highest BCUT2D eigenvalue weighted by Crippen LogP contribution is 2.15. The van der Waals surface area contributed by atoms with Crippen molar-refractivity contribution >= 4 is 17.2 Å². The molecule has 0 saturated carbocycles. The zero-order valence-corrected chi connectivity index (χ0v) is 8.67. The van der Waals surface area contributed by atoms with E-state index in [-0.39, 0.29) is 11.9 Å². The lowest BCUT2D eigenvalue weighted by Gasteiger charge is -2.29. The highest BCUT2D eigenvalue weighted by molar-refractivity contribution is 7.09. The lowest BCUT2D eigenvalue weighted by Crippen LogP contribution is -2.47. The quantitative estimate of drug-likeness (QED) is 0.779. The van der Waals surface area contributed by atoms with E-state index in [0.29, 0.717) is 6.54 Å². The van der Waals surface area contributed by atoms with Gasteiger partial charge in [-0.15, -0.1) is 11.3 Å². The first-order valence-electron chi connectivity index (χ1n) is 4.69. The predicted molar refractivity (Wildman–Crippen MR) is 54.7 cm³/mol. The Bertz CT molecular complexity index is 312. The maximum absolute atomic E-state index is 11.6. The van der Waals surface area contributed by atoms with E-state index in [1.807, 2.05) is 4.90 Å². The number of rotatable bonds is 2. The number of aromatic nitrogens is 1. The van der Waals surface area contributed by atoms with E-state index in [9.17, 15) is 4.79 Å². The zero-order chi connectivity index (χ0) is 9.97. The SMILES string of the molecule is NC1CCCN(Cc2cncs2)C1=O. The molecular weight excluding hydrogens is 198 g/mol. The zero-order valence-electron chi connectivity index (χ0n) is 7.85. The van der Waals surface area contributed by atoms with Gasteiger partial charge in [0.05, 0.1) is 18.1 Å². The van der Waals surface area contributed by atoms with Gasteiger partial charge < -0.3 is 10.6 Å². The number of piperidine rings is 1. The van der Waals surface area contributed by atoms with Crippen molar-refractivity contribution in [3.63, 3.8) is 0 Å². The van der Waals surface area contributed by atoms with E-state index >= 15 is 0 Å². The molecule has 0 aliphatic carbocycles. The maximum Gasteiger partial charge on any atom is 0.239 e. The lowest BCUT2D eigenvalue weighted by atomic mass is 10.1. The van der Waals surface area contributed by atoms with Gasteiger partial charge >= 0.3 is 0 Å². The number of carbonyl (C=O) groups excluding carboxylic acids is 1. The number of nitrogens with two attached hydrogens (primary N) is 1. The summed E-state index contributed by atoms with van der Waals surface area (Å²) < 4.78 is 0. The Morgan fingerprint density at radius 2 is 2.57 bits per heavy atom. The third-order valence-electron chi connectivity index (χ3n) is 2.40. The Labute approximate surface area is 86.7 Å². The fourth-order valence-corrected chi connectivity index (χ4v) is 2.24. The monoisotopic (exact) mass is 211 g/mol. The van der Waals surface area contributed by atoms with Crippen LogP contribution in [0.5, 0.6) is 0 Å². The first kappa shape index (κ1) is 9.61. The van der Waals surface area contributed by atoms with Gasteiger partial charge in [-0.25, -0.2) is 0 Å². The highest BCUT2D eigenvalue weighted by Gasteiger charge is 2.25. The third-order valence-corrected chi connectivity index (χ3v) is 3.17. The summed E-state index contributed by atoms with van der Waals surface area (Å²) in [5.41, 5.74) is 7.48. The van der Waals surface area contributed by atoms with Crippen molar-refractivity contribution in [2.75, 3.05) is 6.54 Å². The van der Waals surface area contributed by atoms with Crippen LogP contribution < -0.4 is 5.73 Å². The fourth-order valence-electron chi connectivity index (χ4n) is 1.64. The van der Waals surface area contributed by atoms with E-state index in [1.54, 1.807) is 23.0 Å². The second-order valence-corrected chi connectivity index (χ2v) is 4.45. The molecule has 14 heavy (non-hydrogen) atoms. The first-order valence-corrected chi connectivity index (χ1v) is 5.57. The number of amides is 1. The van der Waals surface area contributed by atoms with Gasteiger partial charge in [0.2, 0.25) is 5.91 Å². The average molecular weight is 211 g/mol. The molecule has 2 heterocycles. The van der Waals surface area contributed by atoms with Crippen LogP contribution in [0.15, 0.2) is 11.7 Å². The molecule has 0 bridgehead atoms. The van der Waals surface area contributed by atoms with Crippen LogP contribution in [0.4, 0.5) is 0 Å². The highest BCUT2D eigenvalue weighted by atomic mass is 32.1. The Hall–Kier alpha value is -0.940. The number of hydrogen-bond acceptors (Lipinski definition) is 4. The van der Waals surface area contributed by atoms with Crippen LogP contribution in [0, 0.1) is 0 Å². The fraction of sp³-hybridized carbons (Fsp3) is 0.556. The van der Waals surface area contributed by atoms with Crippen LogP contribution in [0.2, 0.25) is 0 Å². The molecule has 76 valence electrons. The Kier molecular flexibility index (Phi) is 2.79. The second-order valence-electron chi connectivity index (χ2n) is 3.48. The molecule has 1 aromatic rings. The number of carbonyl (C=O) groups is 1. The minimum atomic E-state index is -0.295. The van der Waals surface area contributed by atoms with E-state index in [0.717, 1.165) is 24.3 Å². The van der Waals surface area contributed by atoms with E-state index < -0.39 is 0 Å². The topological polar surface area (TPSA) is 59.2 Å². The summed E-state index contributed by atoms with van der Waals surface area (Å²) >= 11 is 1.57. The summed E-state index contributed by atoms with van der Waals surface area (Å²) in [4.78, 5) is 18.6. The summed E-state index contributed by atoms with van der Waals surface area (Å²) in [7, 11) is 0. The second kappa shape index (κ2) is 4.06. The minimum absolute atomic E-state index is 0.0738. The molecule has 1 unspecified atom stereocenters. The molecular formula is C9H13N3OS. The van der Waals surface area contributed by atoms with Crippen LogP contribution in [0.1, 0.15) is 17.7 Å². The third kappa shape index (κ3) is 1.93. The van der Waals surface area contributed by atoms with E-state index in [1.165, 1.54) is 0 Å². The van der Waals surface area contributed by atoms with Gasteiger partial charge in [-0.05, 0) is 12.8 Å². The maximum atomic E-state index is 11.6. The number of hydrogen-bond donors (Lipinski definition) is 1. The standard InChI is InChI=1S/C9H13N3OS/c10-8-2-1-3-12(9(8)13)5-7-4-11-6-14-7/h4,6,8H,1-3,5,10H2. The molecule has 1 aliphatic heterocycles. The molecule has 2 N–H and O–H groups in total. The van der Waals surface area contributed by atoms with Gasteiger partial charge in [0, 0.05) is 17.6 Å². The Balaban J connectivity index is 2.00. The van der Waals surface area contributed by atoms with Crippen molar-refractivity contribution in [1.29, 1.82) is 0 Å². The lowest BCUT2D eigenvalue weighted by molar-refractivity contribution is -0.135. The van der Waals surface area contributed by atoms with Gasteiger partial charge in [0.15, 0.2) is 0 Å². The molecule has 0 radical (unpaired) electrons. The van der Waals surface area contributed by atoms with Crippen molar-refractivity contribution in [3.05, 3.63) is 16.6 Å². The largest absolute Gasteiger partial charge is 0.336 e. The van der Waals surface area contributed by atoms with Crippen LogP contribution in [-0.2, 0) is 11.3 Å². The molecule has 0 spiro atoms. The smallest absolute Gasteiger partial charge is 0.239 e. The van der Waals surface area contributed by atoms with E-state index in [2.05, 4.69) is 4.98 Å². The summed E-state index contributed by atoms with van der Waals surface area (Å²) in [5, 5.41) is 0. The van der Waals surface area contributed by atoms with E-state index in [4.69, 9.17) is 5.73 Å². The van der Waals surface area contributed by atoms with Gasteiger partial charge in [-0.3, -0.25) is 9.78 Å².